The van der Waals surface area contributed by atoms with Gasteiger partial charge >= 0.3 is 0 Å². The van der Waals surface area contributed by atoms with Crippen LogP contribution < -0.4 is 11.1 Å². The normalized spacial score (nSPS) is 15.0. The highest BCUT2D eigenvalue weighted by Crippen LogP contribution is 2.20. The van der Waals surface area contributed by atoms with E-state index in [9.17, 15) is 4.39 Å². The van der Waals surface area contributed by atoms with E-state index in [1.165, 1.54) is 12.1 Å². The van der Waals surface area contributed by atoms with E-state index in [1.54, 1.807) is 6.07 Å². The number of benzene rings is 1. The zero-order chi connectivity index (χ0) is 13.1. The lowest BCUT2D eigenvalue weighted by atomic mass is 9.88. The van der Waals surface area contributed by atoms with Crippen molar-refractivity contribution in [3.63, 3.8) is 0 Å². The third kappa shape index (κ3) is 3.76. The first-order valence-corrected chi connectivity index (χ1v) is 6.57. The molecule has 1 unspecified atom stereocenters. The van der Waals surface area contributed by atoms with Crippen LogP contribution in [0.15, 0.2) is 22.7 Å². The third-order valence-corrected chi connectivity index (χ3v) is 4.13. The summed E-state index contributed by atoms with van der Waals surface area (Å²) in [6.07, 6.45) is 0. The van der Waals surface area contributed by atoms with Gasteiger partial charge < -0.3 is 11.1 Å². The Labute approximate surface area is 111 Å². The maximum atomic E-state index is 12.9. The first-order chi connectivity index (χ1) is 7.89. The van der Waals surface area contributed by atoms with Crippen LogP contribution in [0.5, 0.6) is 0 Å². The van der Waals surface area contributed by atoms with Crippen molar-refractivity contribution in [3.05, 3.63) is 34.1 Å². The predicted octanol–water partition coefficient (Wildman–Crippen LogP) is 3.05. The second-order valence-corrected chi connectivity index (χ2v) is 5.72. The Balaban J connectivity index is 2.73. The van der Waals surface area contributed by atoms with Crippen LogP contribution in [0.4, 0.5) is 4.39 Å². The molecule has 1 atom stereocenters. The summed E-state index contributed by atoms with van der Waals surface area (Å²) in [5.41, 5.74) is 6.73. The zero-order valence-electron chi connectivity index (χ0n) is 10.6. The highest BCUT2D eigenvalue weighted by molar-refractivity contribution is 9.10. The van der Waals surface area contributed by atoms with Gasteiger partial charge in [-0.1, -0.05) is 35.8 Å². The number of halogens is 2. The number of nitrogens with one attached hydrogen (secondary N) is 1. The molecule has 0 saturated carbocycles. The maximum Gasteiger partial charge on any atom is 0.124 e. The summed E-state index contributed by atoms with van der Waals surface area (Å²) in [6, 6.07) is 4.73. The van der Waals surface area contributed by atoms with Gasteiger partial charge in [0.05, 0.1) is 0 Å². The summed E-state index contributed by atoms with van der Waals surface area (Å²) in [7, 11) is 0. The monoisotopic (exact) mass is 302 g/mol. The van der Waals surface area contributed by atoms with E-state index in [1.807, 2.05) is 0 Å². The second-order valence-electron chi connectivity index (χ2n) is 4.87. The van der Waals surface area contributed by atoms with E-state index in [0.29, 0.717) is 19.0 Å². The lowest BCUT2D eigenvalue weighted by Gasteiger charge is -2.34. The van der Waals surface area contributed by atoms with Gasteiger partial charge in [-0.3, -0.25) is 0 Å². The third-order valence-electron chi connectivity index (χ3n) is 3.40. The van der Waals surface area contributed by atoms with E-state index >= 15 is 0 Å². The Hall–Kier alpha value is -0.450. The maximum absolute atomic E-state index is 12.9. The average molecular weight is 303 g/mol. The Bertz CT molecular complexity index is 382. The fraction of sp³-hybridized carbons (Fsp3) is 0.538. The molecule has 0 aliphatic heterocycles. The minimum absolute atomic E-state index is 0.103. The number of hydrogen-bond acceptors (Lipinski definition) is 2. The van der Waals surface area contributed by atoms with Crippen LogP contribution in [-0.2, 0) is 6.54 Å². The molecule has 0 heterocycles. The molecule has 0 aliphatic rings. The van der Waals surface area contributed by atoms with Gasteiger partial charge in [-0.2, -0.15) is 0 Å². The summed E-state index contributed by atoms with van der Waals surface area (Å²) in [5, 5.41) is 3.44. The molecule has 1 aromatic carbocycles. The highest BCUT2D eigenvalue weighted by Gasteiger charge is 2.25. The summed E-state index contributed by atoms with van der Waals surface area (Å²) >= 11 is 3.36. The first kappa shape index (κ1) is 14.6. The standard InChI is InChI=1S/C13H20BrFN2/c1-9(2)13(3,8-16)17-7-10-4-5-11(15)6-12(10)14/h4-6,9,17H,7-8,16H2,1-3H3. The highest BCUT2D eigenvalue weighted by atomic mass is 79.9. The van der Waals surface area contributed by atoms with Crippen molar-refractivity contribution in [2.45, 2.75) is 32.9 Å². The Morgan fingerprint density at radius 3 is 2.59 bits per heavy atom. The van der Waals surface area contributed by atoms with Crippen LogP contribution in [0.2, 0.25) is 0 Å². The van der Waals surface area contributed by atoms with Crippen molar-refractivity contribution in [1.29, 1.82) is 0 Å². The molecule has 0 fully saturated rings. The van der Waals surface area contributed by atoms with Crippen LogP contribution in [0.25, 0.3) is 0 Å². The molecule has 0 spiro atoms. The molecular formula is C13H20BrFN2. The van der Waals surface area contributed by atoms with Gasteiger partial charge in [0.25, 0.3) is 0 Å². The zero-order valence-corrected chi connectivity index (χ0v) is 12.1. The van der Waals surface area contributed by atoms with Gasteiger partial charge in [-0.05, 0) is 30.5 Å². The largest absolute Gasteiger partial charge is 0.329 e. The fourth-order valence-electron chi connectivity index (χ4n) is 1.47. The van der Waals surface area contributed by atoms with Crippen LogP contribution in [0, 0.1) is 11.7 Å². The molecule has 0 aliphatic carbocycles. The predicted molar refractivity (Wildman–Crippen MR) is 73.2 cm³/mol. The van der Waals surface area contributed by atoms with Gasteiger partial charge in [0.15, 0.2) is 0 Å². The second kappa shape index (κ2) is 5.94. The molecule has 3 N–H and O–H groups in total. The van der Waals surface area contributed by atoms with Crippen molar-refractivity contribution in [3.8, 4) is 0 Å². The summed E-state index contributed by atoms with van der Waals surface area (Å²) < 4.78 is 13.7. The van der Waals surface area contributed by atoms with E-state index in [-0.39, 0.29) is 11.4 Å². The molecular weight excluding hydrogens is 283 g/mol. The van der Waals surface area contributed by atoms with E-state index < -0.39 is 0 Å². The number of rotatable bonds is 5. The van der Waals surface area contributed by atoms with Gasteiger partial charge in [-0.25, -0.2) is 4.39 Å². The Morgan fingerprint density at radius 2 is 2.12 bits per heavy atom. The van der Waals surface area contributed by atoms with Crippen molar-refractivity contribution >= 4 is 15.9 Å². The van der Waals surface area contributed by atoms with Crippen LogP contribution in [0.1, 0.15) is 26.3 Å². The summed E-state index contributed by atoms with van der Waals surface area (Å²) in [4.78, 5) is 0. The number of hydrogen-bond donors (Lipinski definition) is 2. The van der Waals surface area contributed by atoms with Crippen molar-refractivity contribution in [2.24, 2.45) is 11.7 Å². The molecule has 0 radical (unpaired) electrons. The van der Waals surface area contributed by atoms with Gasteiger partial charge in [0.1, 0.15) is 5.82 Å². The summed E-state index contributed by atoms with van der Waals surface area (Å²) in [5.74, 6) is 0.206. The van der Waals surface area contributed by atoms with Crippen LogP contribution in [0.3, 0.4) is 0 Å². The first-order valence-electron chi connectivity index (χ1n) is 5.78. The molecule has 0 saturated heterocycles. The van der Waals surface area contributed by atoms with Crippen molar-refractivity contribution in [2.75, 3.05) is 6.54 Å². The average Bonchev–Trinajstić information content (AvgIpc) is 2.27. The molecule has 1 aromatic rings. The fourth-order valence-corrected chi connectivity index (χ4v) is 1.97. The molecule has 0 amide bonds. The van der Waals surface area contributed by atoms with Gasteiger partial charge in [0.2, 0.25) is 0 Å². The molecule has 96 valence electrons. The minimum Gasteiger partial charge on any atom is -0.329 e. The number of nitrogens with two attached hydrogens (primary N) is 1. The topological polar surface area (TPSA) is 38.0 Å². The molecule has 0 bridgehead atoms. The molecule has 1 rings (SSSR count). The summed E-state index contributed by atoms with van der Waals surface area (Å²) in [6.45, 7) is 7.63. The molecule has 0 aromatic heterocycles. The van der Waals surface area contributed by atoms with E-state index in [0.717, 1.165) is 10.0 Å². The smallest absolute Gasteiger partial charge is 0.124 e. The lowest BCUT2D eigenvalue weighted by molar-refractivity contribution is 0.267. The molecule has 4 heteroatoms. The van der Waals surface area contributed by atoms with Gasteiger partial charge in [-0.15, -0.1) is 0 Å². The van der Waals surface area contributed by atoms with Crippen LogP contribution in [-0.4, -0.2) is 12.1 Å². The minimum atomic E-state index is -0.230. The van der Waals surface area contributed by atoms with Gasteiger partial charge in [0, 0.05) is 23.1 Å². The quantitative estimate of drug-likeness (QED) is 0.877. The molecule has 2 nitrogen and oxygen atoms in total. The van der Waals surface area contributed by atoms with Crippen molar-refractivity contribution < 1.29 is 4.39 Å². The van der Waals surface area contributed by atoms with Crippen molar-refractivity contribution in [1.82, 2.24) is 5.32 Å². The van der Waals surface area contributed by atoms with E-state index in [2.05, 4.69) is 42.0 Å². The Kier molecular flexibility index (Phi) is 5.10. The SMILES string of the molecule is CC(C)C(C)(CN)NCc1ccc(F)cc1Br. The molecule has 17 heavy (non-hydrogen) atoms. The van der Waals surface area contributed by atoms with E-state index in [4.69, 9.17) is 5.73 Å². The lowest BCUT2D eigenvalue weighted by Crippen LogP contribution is -2.52. The Morgan fingerprint density at radius 1 is 1.47 bits per heavy atom. The van der Waals surface area contributed by atoms with Crippen LogP contribution >= 0.6 is 15.9 Å².